The van der Waals surface area contributed by atoms with Gasteiger partial charge in [-0.1, -0.05) is 60.7 Å². The minimum absolute atomic E-state index is 0.0500. The molecule has 1 aromatic heterocycles. The highest BCUT2D eigenvalue weighted by molar-refractivity contribution is 6.09. The van der Waals surface area contributed by atoms with Crippen molar-refractivity contribution in [3.8, 4) is 0 Å². The predicted molar refractivity (Wildman–Crippen MR) is 130 cm³/mol. The first-order valence-electron chi connectivity index (χ1n) is 11.6. The number of nitrogens with zero attached hydrogens (tertiary/aromatic N) is 2. The Hall–Kier alpha value is -3.86. The summed E-state index contributed by atoms with van der Waals surface area (Å²) >= 11 is 0. The first kappa shape index (κ1) is 22.0. The number of benzene rings is 2. The largest absolute Gasteiger partial charge is 0.460 e. The number of allylic oxidation sites excluding steroid dienone is 2. The van der Waals surface area contributed by atoms with Crippen LogP contribution < -0.4 is 0 Å². The van der Waals surface area contributed by atoms with Gasteiger partial charge in [0.05, 0.1) is 0 Å². The van der Waals surface area contributed by atoms with Crippen LogP contribution in [0.5, 0.6) is 0 Å². The summed E-state index contributed by atoms with van der Waals surface area (Å²) in [6, 6.07) is 23.4. The molecule has 34 heavy (non-hydrogen) atoms. The van der Waals surface area contributed by atoms with Crippen LogP contribution in [-0.4, -0.2) is 22.4 Å². The second-order valence-electron chi connectivity index (χ2n) is 8.88. The maximum Gasteiger partial charge on any atom is 0.315 e. The van der Waals surface area contributed by atoms with Gasteiger partial charge in [0.2, 0.25) is 0 Å². The van der Waals surface area contributed by atoms with E-state index in [0.717, 1.165) is 22.4 Å². The molecule has 1 aliphatic heterocycles. The van der Waals surface area contributed by atoms with E-state index >= 15 is 0 Å². The van der Waals surface area contributed by atoms with E-state index in [-0.39, 0.29) is 24.3 Å². The van der Waals surface area contributed by atoms with Crippen LogP contribution in [0.2, 0.25) is 0 Å². The first-order valence-corrected chi connectivity index (χ1v) is 11.6. The smallest absolute Gasteiger partial charge is 0.315 e. The van der Waals surface area contributed by atoms with Gasteiger partial charge in [0, 0.05) is 41.7 Å². The molecule has 0 spiro atoms. The lowest BCUT2D eigenvalue weighted by atomic mass is 9.69. The van der Waals surface area contributed by atoms with Crippen molar-refractivity contribution in [2.45, 2.75) is 38.2 Å². The number of Topliss-reactive ketones (excluding diaryl/α,β-unsaturated/α-hetero) is 1. The van der Waals surface area contributed by atoms with E-state index < -0.39 is 11.8 Å². The average molecular weight is 451 g/mol. The quantitative estimate of drug-likeness (QED) is 0.488. The number of ether oxygens (including phenoxy) is 1. The van der Waals surface area contributed by atoms with Gasteiger partial charge in [-0.25, -0.2) is 0 Å². The van der Waals surface area contributed by atoms with Gasteiger partial charge in [-0.05, 0) is 48.1 Å². The first-order chi connectivity index (χ1) is 16.6. The maximum atomic E-state index is 13.6. The molecule has 0 N–H and O–H groups in total. The molecule has 0 amide bonds. The van der Waals surface area contributed by atoms with Crippen LogP contribution in [0.3, 0.4) is 0 Å². The summed E-state index contributed by atoms with van der Waals surface area (Å²) in [7, 11) is 0. The lowest BCUT2D eigenvalue weighted by Crippen LogP contribution is -2.38. The number of carbonyl (C=O) groups is 2. The minimum atomic E-state index is -0.651. The van der Waals surface area contributed by atoms with Crippen LogP contribution in [0.15, 0.2) is 101 Å². The molecule has 3 atom stereocenters. The van der Waals surface area contributed by atoms with E-state index in [4.69, 9.17) is 9.73 Å². The number of rotatable bonds is 5. The van der Waals surface area contributed by atoms with E-state index in [1.54, 1.807) is 12.4 Å². The molecule has 0 bridgehead atoms. The predicted octanol–water partition coefficient (Wildman–Crippen LogP) is 5.40. The number of esters is 1. The van der Waals surface area contributed by atoms with Gasteiger partial charge in [0.1, 0.15) is 12.5 Å². The van der Waals surface area contributed by atoms with Crippen molar-refractivity contribution in [3.63, 3.8) is 0 Å². The number of hydrogen-bond acceptors (Lipinski definition) is 5. The van der Waals surface area contributed by atoms with E-state index in [9.17, 15) is 9.59 Å². The van der Waals surface area contributed by atoms with Gasteiger partial charge in [0.15, 0.2) is 5.78 Å². The second-order valence-corrected chi connectivity index (χ2v) is 8.88. The van der Waals surface area contributed by atoms with Gasteiger partial charge in [-0.2, -0.15) is 0 Å². The second kappa shape index (κ2) is 9.56. The molecule has 5 nitrogen and oxygen atoms in total. The molecular weight excluding hydrogens is 424 g/mol. The zero-order chi connectivity index (χ0) is 23.5. The third kappa shape index (κ3) is 4.34. The standard InChI is InChI=1S/C29H26N2O3/c1-19-26(29(33)34-18-20-8-4-2-5-9-20)27(22-12-14-30-15-13-22)28-24(31-19)16-23(17-25(28)32)21-10-6-3-7-11-21/h2-15,23,26-27H,16-18H2,1H3/t23-,26?,27+/m0/s1. The highest BCUT2D eigenvalue weighted by atomic mass is 16.5. The van der Waals surface area contributed by atoms with Crippen LogP contribution >= 0.6 is 0 Å². The molecule has 5 heteroatoms. The van der Waals surface area contributed by atoms with Gasteiger partial charge < -0.3 is 4.74 Å². The lowest BCUT2D eigenvalue weighted by Gasteiger charge is -2.36. The zero-order valence-electron chi connectivity index (χ0n) is 19.1. The molecule has 1 unspecified atom stereocenters. The summed E-state index contributed by atoms with van der Waals surface area (Å²) in [5, 5.41) is 0. The summed E-state index contributed by atoms with van der Waals surface area (Å²) in [6.45, 7) is 2.05. The molecular formula is C29H26N2O3. The van der Waals surface area contributed by atoms with Crippen molar-refractivity contribution in [1.29, 1.82) is 0 Å². The van der Waals surface area contributed by atoms with Gasteiger partial charge in [0.25, 0.3) is 0 Å². The fraction of sp³-hybridized carbons (Fsp3) is 0.241. The van der Waals surface area contributed by atoms with Crippen molar-refractivity contribution in [2.75, 3.05) is 0 Å². The molecule has 170 valence electrons. The normalized spacial score (nSPS) is 22.1. The third-order valence-corrected chi connectivity index (χ3v) is 6.70. The molecule has 0 saturated heterocycles. The van der Waals surface area contributed by atoms with Crippen molar-refractivity contribution >= 4 is 17.5 Å². The highest BCUT2D eigenvalue weighted by Gasteiger charge is 2.44. The Balaban J connectivity index is 1.49. The summed E-state index contributed by atoms with van der Waals surface area (Å²) < 4.78 is 5.73. The third-order valence-electron chi connectivity index (χ3n) is 6.70. The van der Waals surface area contributed by atoms with E-state index in [1.807, 2.05) is 67.6 Å². The van der Waals surface area contributed by atoms with Gasteiger partial charge in [-0.15, -0.1) is 0 Å². The van der Waals surface area contributed by atoms with Crippen LogP contribution in [0.25, 0.3) is 0 Å². The van der Waals surface area contributed by atoms with Crippen LogP contribution in [0.1, 0.15) is 48.3 Å². The Morgan fingerprint density at radius 2 is 1.59 bits per heavy atom. The summed E-state index contributed by atoms with van der Waals surface area (Å²) in [5.41, 5.74) is 5.05. The molecule has 2 aliphatic rings. The fourth-order valence-electron chi connectivity index (χ4n) is 5.08. The zero-order valence-corrected chi connectivity index (χ0v) is 19.1. The van der Waals surface area contributed by atoms with Crippen LogP contribution in [0, 0.1) is 5.92 Å². The SMILES string of the molecule is CC1=NC2=C(C(=O)C[C@@H](c3ccccc3)C2)[C@H](c2ccncc2)C1C(=O)OCc1ccccc1. The molecule has 0 fully saturated rings. The summed E-state index contributed by atoms with van der Waals surface area (Å²) in [4.78, 5) is 35.9. The Labute approximate surface area is 199 Å². The van der Waals surface area contributed by atoms with Crippen molar-refractivity contribution < 1.29 is 14.3 Å². The van der Waals surface area contributed by atoms with E-state index in [2.05, 4.69) is 17.1 Å². The Morgan fingerprint density at radius 1 is 0.912 bits per heavy atom. The molecule has 0 saturated carbocycles. The number of hydrogen-bond donors (Lipinski definition) is 0. The number of aliphatic imine (C=N–C) groups is 1. The molecule has 0 radical (unpaired) electrons. The topological polar surface area (TPSA) is 68.6 Å². The molecule has 2 heterocycles. The number of pyridine rings is 1. The number of aromatic nitrogens is 1. The molecule has 5 rings (SSSR count). The molecule has 1 aliphatic carbocycles. The Kier molecular flexibility index (Phi) is 6.17. The summed E-state index contributed by atoms with van der Waals surface area (Å²) in [5.74, 6) is -1.31. The van der Waals surface area contributed by atoms with Crippen molar-refractivity contribution in [2.24, 2.45) is 10.9 Å². The number of carbonyl (C=O) groups excluding carboxylic acids is 2. The monoisotopic (exact) mass is 450 g/mol. The maximum absolute atomic E-state index is 13.6. The Morgan fingerprint density at radius 3 is 2.29 bits per heavy atom. The van der Waals surface area contributed by atoms with Crippen molar-refractivity contribution in [1.82, 2.24) is 4.98 Å². The minimum Gasteiger partial charge on any atom is -0.460 e. The molecule has 2 aromatic carbocycles. The summed E-state index contributed by atoms with van der Waals surface area (Å²) in [6.07, 6.45) is 4.48. The van der Waals surface area contributed by atoms with E-state index in [0.29, 0.717) is 24.1 Å². The number of ketones is 1. The van der Waals surface area contributed by atoms with Gasteiger partial charge in [-0.3, -0.25) is 19.6 Å². The van der Waals surface area contributed by atoms with E-state index in [1.165, 1.54) is 0 Å². The highest BCUT2D eigenvalue weighted by Crippen LogP contribution is 2.46. The van der Waals surface area contributed by atoms with Crippen molar-refractivity contribution in [3.05, 3.63) is 113 Å². The van der Waals surface area contributed by atoms with Gasteiger partial charge >= 0.3 is 5.97 Å². The lowest BCUT2D eigenvalue weighted by molar-refractivity contribution is -0.148. The molecule has 3 aromatic rings. The average Bonchev–Trinajstić information content (AvgIpc) is 2.88. The Bertz CT molecular complexity index is 1250. The van der Waals surface area contributed by atoms with Crippen LogP contribution in [0.4, 0.5) is 0 Å². The van der Waals surface area contributed by atoms with Crippen LogP contribution in [-0.2, 0) is 20.9 Å². The fourth-order valence-corrected chi connectivity index (χ4v) is 5.08.